The van der Waals surface area contributed by atoms with Crippen molar-refractivity contribution in [2.45, 2.75) is 88.7 Å². The number of amides is 5. The summed E-state index contributed by atoms with van der Waals surface area (Å²) in [6.45, 7) is 5.97. The Morgan fingerprint density at radius 1 is 0.956 bits per heavy atom. The summed E-state index contributed by atoms with van der Waals surface area (Å²) >= 11 is 0. The highest BCUT2D eigenvalue weighted by atomic mass is 16.6. The zero-order valence-electron chi connectivity index (χ0n) is 26.1. The minimum Gasteiger partial charge on any atom is -0.444 e. The lowest BCUT2D eigenvalue weighted by molar-refractivity contribution is -0.143. The van der Waals surface area contributed by atoms with Gasteiger partial charge in [-0.1, -0.05) is 60.7 Å². The van der Waals surface area contributed by atoms with Crippen molar-refractivity contribution in [3.63, 3.8) is 0 Å². The third kappa shape index (κ3) is 9.27. The number of nitrogens with two attached hydrogens (primary N) is 1. The molecule has 2 fully saturated rings. The molecule has 4 rings (SSSR count). The number of fused-ring (bicyclic) bond motifs is 1. The first-order chi connectivity index (χ1) is 21.4. The molecule has 2 heterocycles. The molecule has 242 valence electrons. The lowest BCUT2D eigenvalue weighted by Crippen LogP contribution is -2.61. The van der Waals surface area contributed by atoms with E-state index in [-0.39, 0.29) is 25.4 Å². The van der Waals surface area contributed by atoms with E-state index in [2.05, 4.69) is 21.3 Å². The smallest absolute Gasteiger partial charge is 0.408 e. The predicted octanol–water partition coefficient (Wildman–Crippen LogP) is 1.89. The Kier molecular flexibility index (Phi) is 11.2. The molecule has 5 amide bonds. The number of nitrogens with zero attached hydrogens (tertiary/aromatic N) is 1. The molecule has 0 aromatic heterocycles. The fraction of sp³-hybridized carbons (Fsp3) is 0.485. The summed E-state index contributed by atoms with van der Waals surface area (Å²) in [5.74, 6) is -1.99. The molecule has 12 heteroatoms. The number of carbonyl (C=O) groups is 5. The number of rotatable bonds is 10. The maximum atomic E-state index is 13.8. The van der Waals surface area contributed by atoms with Crippen molar-refractivity contribution in [1.82, 2.24) is 26.2 Å². The monoisotopic (exact) mass is 620 g/mol. The van der Waals surface area contributed by atoms with Gasteiger partial charge in [0.15, 0.2) is 0 Å². The van der Waals surface area contributed by atoms with Crippen molar-refractivity contribution >= 4 is 29.7 Å². The predicted molar refractivity (Wildman–Crippen MR) is 168 cm³/mol. The number of hydrogen-bond donors (Lipinski definition) is 5. The second kappa shape index (κ2) is 15.0. The van der Waals surface area contributed by atoms with E-state index >= 15 is 0 Å². The van der Waals surface area contributed by atoms with Gasteiger partial charge in [0.2, 0.25) is 23.6 Å². The molecule has 2 aromatic carbocycles. The molecule has 0 unspecified atom stereocenters. The maximum Gasteiger partial charge on any atom is 0.408 e. The maximum absolute atomic E-state index is 13.8. The minimum absolute atomic E-state index is 0.0138. The average molecular weight is 621 g/mol. The molecule has 0 spiro atoms. The molecule has 2 aliphatic rings. The van der Waals surface area contributed by atoms with E-state index in [9.17, 15) is 24.0 Å². The van der Waals surface area contributed by atoms with Gasteiger partial charge in [-0.3, -0.25) is 19.2 Å². The Bertz CT molecular complexity index is 1310. The molecule has 6 N–H and O–H groups in total. The molecule has 2 saturated heterocycles. The number of primary amides is 1. The lowest BCUT2D eigenvalue weighted by atomic mass is 9.98. The molecular weight excluding hydrogens is 576 g/mol. The van der Waals surface area contributed by atoms with Crippen LogP contribution in [0.2, 0.25) is 0 Å². The van der Waals surface area contributed by atoms with Crippen molar-refractivity contribution < 1.29 is 28.7 Å². The molecule has 0 aliphatic carbocycles. The van der Waals surface area contributed by atoms with Gasteiger partial charge in [-0.05, 0) is 64.1 Å². The first-order valence-corrected chi connectivity index (χ1v) is 15.4. The Labute approximate surface area is 263 Å². The number of ether oxygens (including phenoxy) is 1. The quantitative estimate of drug-likeness (QED) is 0.270. The standard InChI is InChI=1S/C33H44N6O6/c1-33(2,3)45-32(44)37-25-20-35-19-18-23-14-16-26(39(23)31(25)43)30(42)36-24(15-17-27(34)40)29(41)38-28(21-10-6-4-7-11-21)22-12-8-5-9-13-22/h4-13,23-26,28,35H,14-20H2,1-3H3,(H2,34,40)(H,36,42)(H,37,44)(H,38,41)/t23-,24+,25+,26+/m1/s1. The van der Waals surface area contributed by atoms with Crippen LogP contribution in [0.1, 0.15) is 70.0 Å². The molecule has 0 saturated carbocycles. The zero-order valence-corrected chi connectivity index (χ0v) is 26.1. The molecule has 2 aromatic rings. The van der Waals surface area contributed by atoms with Crippen LogP contribution in [0.15, 0.2) is 60.7 Å². The molecule has 45 heavy (non-hydrogen) atoms. The Morgan fingerprint density at radius 3 is 2.16 bits per heavy atom. The normalized spacial score (nSPS) is 20.8. The van der Waals surface area contributed by atoms with Crippen LogP contribution in [0.5, 0.6) is 0 Å². The molecular formula is C33H44N6O6. The molecule has 12 nitrogen and oxygen atoms in total. The fourth-order valence-electron chi connectivity index (χ4n) is 5.82. The summed E-state index contributed by atoms with van der Waals surface area (Å²) in [7, 11) is 0. The summed E-state index contributed by atoms with van der Waals surface area (Å²) in [6.07, 6.45) is 0.753. The molecule has 2 aliphatic heterocycles. The van der Waals surface area contributed by atoms with Crippen LogP contribution in [0.4, 0.5) is 4.79 Å². The van der Waals surface area contributed by atoms with Gasteiger partial charge in [-0.25, -0.2) is 4.79 Å². The largest absolute Gasteiger partial charge is 0.444 e. The van der Waals surface area contributed by atoms with E-state index in [1.165, 1.54) is 4.90 Å². The van der Waals surface area contributed by atoms with Gasteiger partial charge in [-0.2, -0.15) is 0 Å². The van der Waals surface area contributed by atoms with Crippen molar-refractivity contribution in [1.29, 1.82) is 0 Å². The second-order valence-corrected chi connectivity index (χ2v) is 12.5. The van der Waals surface area contributed by atoms with E-state index in [0.29, 0.717) is 25.8 Å². The van der Waals surface area contributed by atoms with Crippen LogP contribution in [0.25, 0.3) is 0 Å². The third-order valence-electron chi connectivity index (χ3n) is 7.92. The van der Waals surface area contributed by atoms with E-state index in [4.69, 9.17) is 10.5 Å². The van der Waals surface area contributed by atoms with Gasteiger partial charge in [0.1, 0.15) is 23.7 Å². The first-order valence-electron chi connectivity index (χ1n) is 15.4. The van der Waals surface area contributed by atoms with Crippen molar-refractivity contribution in [3.05, 3.63) is 71.8 Å². The Hall–Kier alpha value is -4.45. The molecule has 0 radical (unpaired) electrons. The summed E-state index contributed by atoms with van der Waals surface area (Å²) in [6, 6.07) is 15.3. The lowest BCUT2D eigenvalue weighted by Gasteiger charge is -2.36. The van der Waals surface area contributed by atoms with Gasteiger partial charge in [0.05, 0.1) is 6.04 Å². The summed E-state index contributed by atoms with van der Waals surface area (Å²) in [4.78, 5) is 67.2. The third-order valence-corrected chi connectivity index (χ3v) is 7.92. The van der Waals surface area contributed by atoms with Crippen LogP contribution in [-0.2, 0) is 23.9 Å². The van der Waals surface area contributed by atoms with Crippen molar-refractivity contribution in [2.75, 3.05) is 13.1 Å². The van der Waals surface area contributed by atoms with Crippen LogP contribution >= 0.6 is 0 Å². The first kappa shape index (κ1) is 33.4. The Morgan fingerprint density at radius 2 is 1.58 bits per heavy atom. The van der Waals surface area contributed by atoms with E-state index in [1.807, 2.05) is 60.7 Å². The summed E-state index contributed by atoms with van der Waals surface area (Å²) < 4.78 is 5.36. The highest BCUT2D eigenvalue weighted by Crippen LogP contribution is 2.29. The van der Waals surface area contributed by atoms with E-state index in [1.54, 1.807) is 20.8 Å². The number of carbonyl (C=O) groups excluding carboxylic acids is 5. The van der Waals surface area contributed by atoms with Gasteiger partial charge >= 0.3 is 6.09 Å². The van der Waals surface area contributed by atoms with Gasteiger partial charge in [-0.15, -0.1) is 0 Å². The second-order valence-electron chi connectivity index (χ2n) is 12.5. The van der Waals surface area contributed by atoms with Crippen molar-refractivity contribution in [2.24, 2.45) is 5.73 Å². The summed E-state index contributed by atoms with van der Waals surface area (Å²) in [5, 5.41) is 11.7. The van der Waals surface area contributed by atoms with Crippen LogP contribution in [-0.4, -0.2) is 77.5 Å². The minimum atomic E-state index is -1.08. The van der Waals surface area contributed by atoms with E-state index in [0.717, 1.165) is 11.1 Å². The zero-order chi connectivity index (χ0) is 32.6. The van der Waals surface area contributed by atoms with Crippen molar-refractivity contribution in [3.8, 4) is 0 Å². The molecule has 0 bridgehead atoms. The summed E-state index contributed by atoms with van der Waals surface area (Å²) in [5.41, 5.74) is 6.37. The van der Waals surface area contributed by atoms with Crippen LogP contribution in [0.3, 0.4) is 0 Å². The van der Waals surface area contributed by atoms with Crippen LogP contribution < -0.4 is 27.0 Å². The number of hydrogen-bond acceptors (Lipinski definition) is 7. The van der Waals surface area contributed by atoms with Gasteiger partial charge < -0.3 is 36.6 Å². The highest BCUT2D eigenvalue weighted by molar-refractivity contribution is 5.95. The number of alkyl carbamates (subject to hydrolysis) is 1. The Balaban J connectivity index is 1.53. The fourth-order valence-corrected chi connectivity index (χ4v) is 5.82. The number of nitrogens with one attached hydrogen (secondary N) is 4. The topological polar surface area (TPSA) is 172 Å². The number of benzene rings is 2. The van der Waals surface area contributed by atoms with Crippen LogP contribution in [0, 0.1) is 0 Å². The highest BCUT2D eigenvalue weighted by Gasteiger charge is 2.45. The van der Waals surface area contributed by atoms with E-state index < -0.39 is 59.5 Å². The van der Waals surface area contributed by atoms with Gasteiger partial charge in [0.25, 0.3) is 0 Å². The van der Waals surface area contributed by atoms with Gasteiger partial charge in [0, 0.05) is 19.0 Å². The average Bonchev–Trinajstić information content (AvgIpc) is 3.41. The molecule has 4 atom stereocenters. The SMILES string of the molecule is CC(C)(C)OC(=O)N[C@H]1CNCC[C@H]2CC[C@@H](C(=O)N[C@@H](CCC(N)=O)C(=O)NC(c3ccccc3)c3ccccc3)N2C1=O.